The summed E-state index contributed by atoms with van der Waals surface area (Å²) in [5.41, 5.74) is 0.481. The van der Waals surface area contributed by atoms with Crippen molar-refractivity contribution in [2.75, 3.05) is 25.6 Å². The zero-order chi connectivity index (χ0) is 13.1. The largest absolute Gasteiger partial charge is 0.469 e. The second kappa shape index (κ2) is 5.41. The first kappa shape index (κ1) is 13.8. The monoisotopic (exact) mass is 255 g/mol. The van der Waals surface area contributed by atoms with Gasteiger partial charge in [0.25, 0.3) is 0 Å². The van der Waals surface area contributed by atoms with Crippen LogP contribution < -0.4 is 4.90 Å². The first-order valence-corrected chi connectivity index (χ1v) is 5.80. The van der Waals surface area contributed by atoms with Crippen molar-refractivity contribution in [3.63, 3.8) is 0 Å². The van der Waals surface area contributed by atoms with E-state index >= 15 is 0 Å². The van der Waals surface area contributed by atoms with Crippen molar-refractivity contribution in [2.24, 2.45) is 5.41 Å². The number of carbonyl (C=O) groups is 1. The maximum atomic E-state index is 11.6. The Labute approximate surface area is 107 Å². The number of ether oxygens (including phenoxy) is 1. The van der Waals surface area contributed by atoms with Gasteiger partial charge in [0.1, 0.15) is 0 Å². The van der Waals surface area contributed by atoms with Gasteiger partial charge in [-0.2, -0.15) is 0 Å². The van der Waals surface area contributed by atoms with Gasteiger partial charge in [-0.25, -0.2) is 0 Å². The molecule has 0 heterocycles. The average molecular weight is 256 g/mol. The topological polar surface area (TPSA) is 29.5 Å². The highest BCUT2D eigenvalue weighted by Gasteiger charge is 2.30. The van der Waals surface area contributed by atoms with E-state index < -0.39 is 5.41 Å². The highest BCUT2D eigenvalue weighted by Crippen LogP contribution is 2.23. The number of esters is 1. The van der Waals surface area contributed by atoms with Gasteiger partial charge in [-0.3, -0.25) is 4.79 Å². The van der Waals surface area contributed by atoms with Gasteiger partial charge >= 0.3 is 5.97 Å². The van der Waals surface area contributed by atoms with Crippen molar-refractivity contribution in [1.29, 1.82) is 0 Å². The number of hydrogen-bond donors (Lipinski definition) is 0. The Bertz CT molecular complexity index is 387. The molecule has 0 spiro atoms. The molecule has 0 N–H and O–H groups in total. The van der Waals surface area contributed by atoms with Crippen LogP contribution in [-0.4, -0.2) is 26.7 Å². The van der Waals surface area contributed by atoms with Crippen LogP contribution in [0.2, 0.25) is 5.02 Å². The molecule has 0 saturated heterocycles. The Hall–Kier alpha value is -1.22. The molecule has 0 radical (unpaired) electrons. The molecular weight excluding hydrogens is 238 g/mol. The molecule has 0 aromatic heterocycles. The molecule has 0 atom stereocenters. The van der Waals surface area contributed by atoms with Crippen molar-refractivity contribution < 1.29 is 9.53 Å². The summed E-state index contributed by atoms with van der Waals surface area (Å²) in [5.74, 6) is -0.210. The predicted octanol–water partition coefficient (Wildman–Crippen LogP) is 2.98. The SMILES string of the molecule is COC(=O)C(C)(C)CN(C)c1ccc(Cl)cc1. The minimum atomic E-state index is -0.539. The zero-order valence-corrected chi connectivity index (χ0v) is 11.4. The first-order chi connectivity index (χ1) is 7.86. The molecule has 94 valence electrons. The summed E-state index contributed by atoms with van der Waals surface area (Å²) in [6.45, 7) is 4.32. The molecule has 17 heavy (non-hydrogen) atoms. The third kappa shape index (κ3) is 3.63. The fourth-order valence-corrected chi connectivity index (χ4v) is 1.85. The average Bonchev–Trinajstić information content (AvgIpc) is 2.28. The molecular formula is C13H18ClNO2. The number of anilines is 1. The van der Waals surface area contributed by atoms with E-state index in [1.54, 1.807) is 0 Å². The van der Waals surface area contributed by atoms with Crippen molar-refractivity contribution in [3.05, 3.63) is 29.3 Å². The van der Waals surface area contributed by atoms with E-state index in [1.165, 1.54) is 7.11 Å². The van der Waals surface area contributed by atoms with Gasteiger partial charge in [0.2, 0.25) is 0 Å². The lowest BCUT2D eigenvalue weighted by Gasteiger charge is -2.29. The van der Waals surface area contributed by atoms with E-state index in [2.05, 4.69) is 0 Å². The standard InChI is InChI=1S/C13H18ClNO2/c1-13(2,12(16)17-4)9-15(3)11-7-5-10(14)6-8-11/h5-8H,9H2,1-4H3. The molecule has 3 nitrogen and oxygen atoms in total. The molecule has 0 aliphatic heterocycles. The minimum absolute atomic E-state index is 0.210. The van der Waals surface area contributed by atoms with Gasteiger partial charge in [0.15, 0.2) is 0 Å². The number of carbonyl (C=O) groups excluding carboxylic acids is 1. The molecule has 0 unspecified atom stereocenters. The number of rotatable bonds is 4. The van der Waals surface area contributed by atoms with Crippen LogP contribution in [0.5, 0.6) is 0 Å². The molecule has 0 saturated carbocycles. The van der Waals surface area contributed by atoms with Crippen LogP contribution in [0.1, 0.15) is 13.8 Å². The molecule has 1 aromatic carbocycles. The molecule has 0 amide bonds. The lowest BCUT2D eigenvalue weighted by Crippen LogP contribution is -2.38. The summed E-state index contributed by atoms with van der Waals surface area (Å²) in [7, 11) is 3.35. The second-order valence-electron chi connectivity index (χ2n) is 4.71. The Kier molecular flexibility index (Phi) is 4.40. The lowest BCUT2D eigenvalue weighted by molar-refractivity contribution is -0.150. The van der Waals surface area contributed by atoms with Crippen LogP contribution in [-0.2, 0) is 9.53 Å². The van der Waals surface area contributed by atoms with Gasteiger partial charge in [-0.15, -0.1) is 0 Å². The molecule has 0 fully saturated rings. The fraction of sp³-hybridized carbons (Fsp3) is 0.462. The maximum Gasteiger partial charge on any atom is 0.313 e. The molecule has 0 bridgehead atoms. The Morgan fingerprint density at radius 3 is 2.35 bits per heavy atom. The number of hydrogen-bond acceptors (Lipinski definition) is 3. The quantitative estimate of drug-likeness (QED) is 0.775. The normalized spacial score (nSPS) is 11.1. The molecule has 1 rings (SSSR count). The molecule has 1 aromatic rings. The van der Waals surface area contributed by atoms with Crippen molar-refractivity contribution in [2.45, 2.75) is 13.8 Å². The summed E-state index contributed by atoms with van der Waals surface area (Å²) in [6.07, 6.45) is 0. The van der Waals surface area contributed by atoms with Crippen LogP contribution >= 0.6 is 11.6 Å². The van der Waals surface area contributed by atoms with Crippen LogP contribution in [0.15, 0.2) is 24.3 Å². The van der Waals surface area contributed by atoms with Crippen molar-refractivity contribution in [3.8, 4) is 0 Å². The number of nitrogens with zero attached hydrogens (tertiary/aromatic N) is 1. The minimum Gasteiger partial charge on any atom is -0.469 e. The maximum absolute atomic E-state index is 11.6. The molecule has 4 heteroatoms. The highest BCUT2D eigenvalue weighted by molar-refractivity contribution is 6.30. The van der Waals surface area contributed by atoms with Gasteiger partial charge < -0.3 is 9.64 Å². The Morgan fingerprint density at radius 2 is 1.88 bits per heavy atom. The highest BCUT2D eigenvalue weighted by atomic mass is 35.5. The number of methoxy groups -OCH3 is 1. The van der Waals surface area contributed by atoms with Crippen LogP contribution in [0.3, 0.4) is 0 Å². The van der Waals surface area contributed by atoms with Crippen LogP contribution in [0.4, 0.5) is 5.69 Å². The van der Waals surface area contributed by atoms with E-state index in [9.17, 15) is 4.79 Å². The van der Waals surface area contributed by atoms with Gasteiger partial charge in [-0.1, -0.05) is 11.6 Å². The zero-order valence-electron chi connectivity index (χ0n) is 10.7. The van der Waals surface area contributed by atoms with Crippen LogP contribution in [0, 0.1) is 5.41 Å². The van der Waals surface area contributed by atoms with E-state index in [0.29, 0.717) is 11.6 Å². The Morgan fingerprint density at radius 1 is 1.35 bits per heavy atom. The van der Waals surface area contributed by atoms with Gasteiger partial charge in [-0.05, 0) is 38.1 Å². The lowest BCUT2D eigenvalue weighted by atomic mass is 9.93. The van der Waals surface area contributed by atoms with Crippen molar-refractivity contribution in [1.82, 2.24) is 0 Å². The summed E-state index contributed by atoms with van der Waals surface area (Å²) in [6, 6.07) is 7.52. The number of benzene rings is 1. The van der Waals surface area contributed by atoms with E-state index in [-0.39, 0.29) is 5.97 Å². The summed E-state index contributed by atoms with van der Waals surface area (Å²) in [5, 5.41) is 0.703. The molecule has 0 aliphatic rings. The van der Waals surface area contributed by atoms with Crippen LogP contribution in [0.25, 0.3) is 0 Å². The van der Waals surface area contributed by atoms with E-state index in [0.717, 1.165) is 5.69 Å². The predicted molar refractivity (Wildman–Crippen MR) is 70.5 cm³/mol. The first-order valence-electron chi connectivity index (χ1n) is 5.42. The fourth-order valence-electron chi connectivity index (χ4n) is 1.72. The van der Waals surface area contributed by atoms with E-state index in [1.807, 2.05) is 50.1 Å². The Balaban J connectivity index is 2.75. The summed E-state index contributed by atoms with van der Waals surface area (Å²) in [4.78, 5) is 13.6. The van der Waals surface area contributed by atoms with Gasteiger partial charge in [0.05, 0.1) is 12.5 Å². The van der Waals surface area contributed by atoms with E-state index in [4.69, 9.17) is 16.3 Å². The smallest absolute Gasteiger partial charge is 0.313 e. The van der Waals surface area contributed by atoms with Gasteiger partial charge in [0, 0.05) is 24.3 Å². The summed E-state index contributed by atoms with van der Waals surface area (Å²) < 4.78 is 4.78. The summed E-state index contributed by atoms with van der Waals surface area (Å²) >= 11 is 5.83. The molecule has 0 aliphatic carbocycles. The third-order valence-electron chi connectivity index (χ3n) is 2.64. The second-order valence-corrected chi connectivity index (χ2v) is 5.14. The third-order valence-corrected chi connectivity index (χ3v) is 2.89. The number of halogens is 1. The van der Waals surface area contributed by atoms with Crippen molar-refractivity contribution >= 4 is 23.3 Å².